The molecular formula is C25H46O3Si. The molecule has 0 saturated heterocycles. The second-order valence-corrected chi connectivity index (χ2v) is 10.7. The standard InChI is InChI=1S/C25H46O3Si/c1-4-7-10-16-21-26-29(27-22-17-11-8-5-2,28-23-18-12-9-6-3)24-25-19-14-13-15-20-25/h13-15,19-20H,4-12,16-18,21-24H2,1-3H3. The van der Waals surface area contributed by atoms with Gasteiger partial charge in [0.25, 0.3) is 0 Å². The van der Waals surface area contributed by atoms with E-state index in [-0.39, 0.29) is 0 Å². The fourth-order valence-electron chi connectivity index (χ4n) is 3.39. The van der Waals surface area contributed by atoms with Gasteiger partial charge in [-0.25, -0.2) is 0 Å². The Morgan fingerprint density at radius 3 is 1.34 bits per heavy atom. The number of hydrogen-bond acceptors (Lipinski definition) is 3. The molecule has 0 saturated carbocycles. The highest BCUT2D eigenvalue weighted by Gasteiger charge is 2.41. The predicted molar refractivity (Wildman–Crippen MR) is 126 cm³/mol. The van der Waals surface area contributed by atoms with Crippen LogP contribution in [0.25, 0.3) is 0 Å². The van der Waals surface area contributed by atoms with Crippen LogP contribution in [0.1, 0.15) is 103 Å². The average molecular weight is 423 g/mol. The summed E-state index contributed by atoms with van der Waals surface area (Å²) in [7, 11) is -2.72. The average Bonchev–Trinajstić information content (AvgIpc) is 2.74. The SMILES string of the molecule is CCCCCCO[Si](Cc1ccccc1)(OCCCCCC)OCCCCCC. The molecule has 3 nitrogen and oxygen atoms in total. The fourth-order valence-corrected chi connectivity index (χ4v) is 6.05. The maximum absolute atomic E-state index is 6.49. The lowest BCUT2D eigenvalue weighted by Crippen LogP contribution is -2.49. The van der Waals surface area contributed by atoms with Gasteiger partial charge in [0, 0.05) is 25.9 Å². The van der Waals surface area contributed by atoms with Crippen molar-refractivity contribution in [3.05, 3.63) is 35.9 Å². The van der Waals surface area contributed by atoms with Gasteiger partial charge in [-0.05, 0) is 24.8 Å². The van der Waals surface area contributed by atoms with Crippen molar-refractivity contribution < 1.29 is 13.3 Å². The molecule has 168 valence electrons. The number of benzene rings is 1. The lowest BCUT2D eigenvalue weighted by atomic mass is 10.2. The van der Waals surface area contributed by atoms with Crippen molar-refractivity contribution in [2.75, 3.05) is 19.8 Å². The van der Waals surface area contributed by atoms with E-state index in [1.807, 2.05) is 0 Å². The second-order valence-electron chi connectivity index (χ2n) is 8.07. The molecule has 0 aliphatic heterocycles. The van der Waals surface area contributed by atoms with E-state index in [9.17, 15) is 0 Å². The molecule has 0 heterocycles. The molecule has 0 spiro atoms. The molecule has 0 atom stereocenters. The summed E-state index contributed by atoms with van der Waals surface area (Å²) in [5.74, 6) is 0. The number of hydrogen-bond donors (Lipinski definition) is 0. The van der Waals surface area contributed by atoms with Gasteiger partial charge in [0.2, 0.25) is 0 Å². The lowest BCUT2D eigenvalue weighted by molar-refractivity contribution is 0.0543. The van der Waals surface area contributed by atoms with E-state index < -0.39 is 8.80 Å². The van der Waals surface area contributed by atoms with Crippen LogP contribution in [-0.2, 0) is 19.3 Å². The third-order valence-electron chi connectivity index (χ3n) is 5.22. The van der Waals surface area contributed by atoms with Crippen molar-refractivity contribution in [1.29, 1.82) is 0 Å². The molecule has 1 rings (SSSR count). The maximum atomic E-state index is 6.49. The Labute approximate surface area is 181 Å². The summed E-state index contributed by atoms with van der Waals surface area (Å²) >= 11 is 0. The molecule has 0 radical (unpaired) electrons. The number of unbranched alkanes of at least 4 members (excludes halogenated alkanes) is 9. The highest BCUT2D eigenvalue weighted by molar-refractivity contribution is 6.60. The molecule has 0 bridgehead atoms. The van der Waals surface area contributed by atoms with Crippen LogP contribution in [0, 0.1) is 0 Å². The summed E-state index contributed by atoms with van der Waals surface area (Å²) in [6.45, 7) is 8.99. The zero-order valence-corrected chi connectivity index (χ0v) is 20.4. The van der Waals surface area contributed by atoms with E-state index in [4.69, 9.17) is 13.3 Å². The lowest BCUT2D eigenvalue weighted by Gasteiger charge is -2.30. The van der Waals surface area contributed by atoms with Gasteiger partial charge < -0.3 is 13.3 Å². The second kappa shape index (κ2) is 18.1. The summed E-state index contributed by atoms with van der Waals surface area (Å²) in [4.78, 5) is 0. The van der Waals surface area contributed by atoms with Crippen molar-refractivity contribution in [1.82, 2.24) is 0 Å². The molecule has 0 fully saturated rings. The third-order valence-corrected chi connectivity index (χ3v) is 8.00. The van der Waals surface area contributed by atoms with Crippen LogP contribution in [0.15, 0.2) is 30.3 Å². The van der Waals surface area contributed by atoms with Crippen molar-refractivity contribution in [2.45, 2.75) is 104 Å². The Balaban J connectivity index is 2.73. The third kappa shape index (κ3) is 13.3. The van der Waals surface area contributed by atoms with Gasteiger partial charge in [-0.15, -0.1) is 0 Å². The Kier molecular flexibility index (Phi) is 16.5. The van der Waals surface area contributed by atoms with Gasteiger partial charge in [0.05, 0.1) is 0 Å². The Bertz CT molecular complexity index is 430. The van der Waals surface area contributed by atoms with Crippen LogP contribution >= 0.6 is 0 Å². The van der Waals surface area contributed by atoms with Crippen LogP contribution in [0.2, 0.25) is 0 Å². The van der Waals surface area contributed by atoms with E-state index in [2.05, 4.69) is 51.1 Å². The van der Waals surface area contributed by atoms with E-state index in [1.54, 1.807) is 0 Å². The smallest absolute Gasteiger partial charge is 0.373 e. The molecule has 29 heavy (non-hydrogen) atoms. The molecule has 4 heteroatoms. The minimum Gasteiger partial charge on any atom is -0.373 e. The van der Waals surface area contributed by atoms with Crippen molar-refractivity contribution in [3.63, 3.8) is 0 Å². The predicted octanol–water partition coefficient (Wildman–Crippen LogP) is 7.50. The van der Waals surface area contributed by atoms with Crippen molar-refractivity contribution in [2.24, 2.45) is 0 Å². The first-order chi connectivity index (χ1) is 14.3. The molecule has 0 N–H and O–H groups in total. The molecule has 0 aliphatic carbocycles. The van der Waals surface area contributed by atoms with Gasteiger partial charge in [-0.3, -0.25) is 0 Å². The Morgan fingerprint density at radius 1 is 0.552 bits per heavy atom. The van der Waals surface area contributed by atoms with Crippen LogP contribution < -0.4 is 0 Å². The molecule has 0 unspecified atom stereocenters. The van der Waals surface area contributed by atoms with Crippen molar-refractivity contribution >= 4 is 8.80 Å². The normalized spacial score (nSPS) is 11.8. The van der Waals surface area contributed by atoms with E-state index in [0.717, 1.165) is 45.1 Å². The number of rotatable bonds is 20. The molecular weight excluding hydrogens is 376 g/mol. The summed E-state index contributed by atoms with van der Waals surface area (Å²) in [6, 6.07) is 11.4. The molecule has 1 aromatic rings. The zero-order chi connectivity index (χ0) is 21.0. The van der Waals surface area contributed by atoms with Crippen LogP contribution in [0.5, 0.6) is 0 Å². The first kappa shape index (κ1) is 26.4. The van der Waals surface area contributed by atoms with E-state index >= 15 is 0 Å². The van der Waals surface area contributed by atoms with Crippen molar-refractivity contribution in [3.8, 4) is 0 Å². The van der Waals surface area contributed by atoms with Gasteiger partial charge >= 0.3 is 8.80 Å². The maximum Gasteiger partial charge on any atom is 0.505 e. The first-order valence-corrected chi connectivity index (χ1v) is 14.1. The quantitative estimate of drug-likeness (QED) is 0.161. The van der Waals surface area contributed by atoms with Gasteiger partial charge in [0.1, 0.15) is 0 Å². The molecule has 0 aliphatic rings. The topological polar surface area (TPSA) is 27.7 Å². The molecule has 0 aromatic heterocycles. The molecule has 0 amide bonds. The summed E-state index contributed by atoms with van der Waals surface area (Å²) < 4.78 is 19.5. The van der Waals surface area contributed by atoms with E-state index in [1.165, 1.54) is 63.4 Å². The molecule has 1 aromatic carbocycles. The summed E-state index contributed by atoms with van der Waals surface area (Å²) in [5, 5.41) is 0. The van der Waals surface area contributed by atoms with Crippen LogP contribution in [0.4, 0.5) is 0 Å². The Hall–Kier alpha value is -0.683. The van der Waals surface area contributed by atoms with Gasteiger partial charge in [-0.1, -0.05) is 109 Å². The highest BCUT2D eigenvalue weighted by atomic mass is 28.4. The van der Waals surface area contributed by atoms with Crippen LogP contribution in [-0.4, -0.2) is 28.6 Å². The first-order valence-electron chi connectivity index (χ1n) is 12.2. The van der Waals surface area contributed by atoms with Gasteiger partial charge in [0.15, 0.2) is 0 Å². The fraction of sp³-hybridized carbons (Fsp3) is 0.760. The van der Waals surface area contributed by atoms with E-state index in [0.29, 0.717) is 0 Å². The largest absolute Gasteiger partial charge is 0.505 e. The highest BCUT2D eigenvalue weighted by Crippen LogP contribution is 2.20. The minimum absolute atomic E-state index is 0.753. The summed E-state index contributed by atoms with van der Waals surface area (Å²) in [5.41, 5.74) is 1.26. The minimum atomic E-state index is -2.72. The zero-order valence-electron chi connectivity index (χ0n) is 19.4. The van der Waals surface area contributed by atoms with Crippen LogP contribution in [0.3, 0.4) is 0 Å². The van der Waals surface area contributed by atoms with Gasteiger partial charge in [-0.2, -0.15) is 0 Å². The monoisotopic (exact) mass is 422 g/mol. The Morgan fingerprint density at radius 2 is 0.966 bits per heavy atom. The summed E-state index contributed by atoms with van der Waals surface area (Å²) in [6.07, 6.45) is 14.5.